The van der Waals surface area contributed by atoms with Gasteiger partial charge in [0, 0.05) is 49.3 Å². The number of halogens is 3. The number of hydrogen-bond acceptors (Lipinski definition) is 8. The van der Waals surface area contributed by atoms with E-state index in [1.165, 1.54) is 24.4 Å². The molecule has 0 saturated carbocycles. The van der Waals surface area contributed by atoms with Crippen LogP contribution in [0.3, 0.4) is 0 Å². The molecule has 4 aromatic rings. The lowest BCUT2D eigenvalue weighted by Gasteiger charge is -2.40. The zero-order valence-electron chi connectivity index (χ0n) is 25.1. The molecule has 45 heavy (non-hydrogen) atoms. The number of sulfone groups is 1. The van der Waals surface area contributed by atoms with E-state index in [0.29, 0.717) is 18.7 Å². The van der Waals surface area contributed by atoms with Gasteiger partial charge in [-0.2, -0.15) is 4.98 Å². The van der Waals surface area contributed by atoms with Gasteiger partial charge in [0.05, 0.1) is 17.0 Å². The van der Waals surface area contributed by atoms with E-state index in [2.05, 4.69) is 21.5 Å². The molecule has 0 N–H and O–H groups in total. The highest BCUT2D eigenvalue weighted by Gasteiger charge is 2.30. The number of piperazine rings is 1. The van der Waals surface area contributed by atoms with Crippen LogP contribution in [0, 0.1) is 11.6 Å². The first-order valence-electron chi connectivity index (χ1n) is 14.1. The average Bonchev–Trinajstić information content (AvgIpc) is 2.98. The Morgan fingerprint density at radius 1 is 1.18 bits per heavy atom. The number of amides is 1. The van der Waals surface area contributed by atoms with Gasteiger partial charge < -0.3 is 9.80 Å². The van der Waals surface area contributed by atoms with Gasteiger partial charge in [-0.15, -0.1) is 0 Å². The Morgan fingerprint density at radius 3 is 2.56 bits per heavy atom. The van der Waals surface area contributed by atoms with Gasteiger partial charge in [0.25, 0.3) is 0 Å². The van der Waals surface area contributed by atoms with Gasteiger partial charge in [0.1, 0.15) is 28.8 Å². The number of benzene rings is 1. The molecule has 1 aromatic carbocycles. The predicted octanol–water partition coefficient (Wildman–Crippen LogP) is 4.58. The van der Waals surface area contributed by atoms with E-state index in [4.69, 9.17) is 11.6 Å². The molecule has 1 amide bonds. The van der Waals surface area contributed by atoms with Crippen molar-refractivity contribution in [3.05, 3.63) is 87.5 Å². The van der Waals surface area contributed by atoms with Crippen molar-refractivity contribution in [3.8, 4) is 11.3 Å². The summed E-state index contributed by atoms with van der Waals surface area (Å²) in [6, 6.07) is 6.42. The van der Waals surface area contributed by atoms with Gasteiger partial charge in [-0.05, 0) is 42.7 Å². The number of carbonyl (C=O) groups is 1. The van der Waals surface area contributed by atoms with E-state index >= 15 is 4.39 Å². The lowest BCUT2D eigenvalue weighted by molar-refractivity contribution is -0.126. The Kier molecular flexibility index (Phi) is 8.78. The average molecular weight is 657 g/mol. The lowest BCUT2D eigenvalue weighted by atomic mass is 9.99. The Balaban J connectivity index is 1.79. The summed E-state index contributed by atoms with van der Waals surface area (Å²) < 4.78 is 57.1. The van der Waals surface area contributed by atoms with Crippen LogP contribution in [-0.2, 0) is 21.2 Å². The van der Waals surface area contributed by atoms with E-state index in [0.717, 1.165) is 23.0 Å². The molecule has 0 unspecified atom stereocenters. The summed E-state index contributed by atoms with van der Waals surface area (Å²) in [7, 11) is -3.82. The van der Waals surface area contributed by atoms with Crippen LogP contribution in [0.1, 0.15) is 37.8 Å². The SMILES string of the molecule is C=CC(=O)N1CCN(c2nc(=O)n(Cc3c(C(C)C)ccnc3S(C)(=O)=O)c3nc(-c4cccc(F)c4Cl)c(F)cc23)[C@@H](C)C1. The highest BCUT2D eigenvalue weighted by Crippen LogP contribution is 2.35. The molecule has 1 aliphatic heterocycles. The number of nitrogens with zero attached hydrogens (tertiary/aromatic N) is 6. The van der Waals surface area contributed by atoms with E-state index in [1.807, 2.05) is 20.8 Å². The molecule has 0 radical (unpaired) electrons. The van der Waals surface area contributed by atoms with Crippen LogP contribution in [0.2, 0.25) is 5.02 Å². The van der Waals surface area contributed by atoms with E-state index in [1.54, 1.807) is 15.9 Å². The molecule has 0 spiro atoms. The molecular formula is C31H31ClF2N6O4S. The monoisotopic (exact) mass is 656 g/mol. The standard InChI is InChI=1S/C31H31ClF2N6O4S/c1-6-25(41)38-12-13-39(18(4)15-38)29-21-14-24(34)27(20-8-7-9-23(33)26(20)32)36-28(21)40(31(42)37-29)16-22-19(17(2)3)10-11-35-30(22)45(5,43)44/h6-11,14,17-18H,1,12-13,15-16H2,2-5H3/t18-/m0/s1. The number of pyridine rings is 2. The fraction of sp³-hybridized carbons (Fsp3) is 0.323. The maximum absolute atomic E-state index is 15.9. The molecule has 3 aromatic heterocycles. The van der Waals surface area contributed by atoms with E-state index in [-0.39, 0.29) is 74.7 Å². The molecule has 1 atom stereocenters. The Hall–Kier alpha value is -4.23. The molecule has 14 heteroatoms. The van der Waals surface area contributed by atoms with Crippen LogP contribution in [0.5, 0.6) is 0 Å². The Labute approximate surface area is 263 Å². The molecule has 1 fully saturated rings. The maximum atomic E-state index is 15.9. The number of rotatable bonds is 7. The fourth-order valence-electron chi connectivity index (χ4n) is 5.65. The van der Waals surface area contributed by atoms with Crippen LogP contribution in [0.15, 0.2) is 59.0 Å². The second kappa shape index (κ2) is 12.3. The second-order valence-corrected chi connectivity index (χ2v) is 13.5. The third-order valence-electron chi connectivity index (χ3n) is 7.82. The molecule has 236 valence electrons. The fourth-order valence-corrected chi connectivity index (χ4v) is 6.75. The summed E-state index contributed by atoms with van der Waals surface area (Å²) >= 11 is 6.22. The highest BCUT2D eigenvalue weighted by atomic mass is 35.5. The van der Waals surface area contributed by atoms with Gasteiger partial charge >= 0.3 is 5.69 Å². The smallest absolute Gasteiger partial charge is 0.350 e. The molecule has 4 heterocycles. The minimum absolute atomic E-state index is 0.0171. The largest absolute Gasteiger partial charge is 0.351 e. The lowest BCUT2D eigenvalue weighted by Crippen LogP contribution is -2.54. The molecular weight excluding hydrogens is 626 g/mol. The number of hydrogen-bond donors (Lipinski definition) is 0. The zero-order chi connectivity index (χ0) is 32.8. The summed E-state index contributed by atoms with van der Waals surface area (Å²) in [5, 5.41) is -0.392. The summed E-state index contributed by atoms with van der Waals surface area (Å²) in [6.45, 7) is 9.73. The van der Waals surface area contributed by atoms with E-state index in [9.17, 15) is 22.4 Å². The Bertz CT molecular complexity index is 2020. The third-order valence-corrected chi connectivity index (χ3v) is 9.26. The topological polar surface area (TPSA) is 118 Å². The molecule has 1 saturated heterocycles. The first-order chi connectivity index (χ1) is 21.2. The molecule has 5 rings (SSSR count). The van der Waals surface area contributed by atoms with Crippen molar-refractivity contribution >= 4 is 44.2 Å². The van der Waals surface area contributed by atoms with Crippen LogP contribution in [0.25, 0.3) is 22.3 Å². The minimum atomic E-state index is -3.82. The summed E-state index contributed by atoms with van der Waals surface area (Å²) in [4.78, 5) is 42.5. The first-order valence-corrected chi connectivity index (χ1v) is 16.4. The maximum Gasteiger partial charge on any atom is 0.351 e. The second-order valence-electron chi connectivity index (χ2n) is 11.2. The number of fused-ring (bicyclic) bond motifs is 1. The molecule has 0 bridgehead atoms. The highest BCUT2D eigenvalue weighted by molar-refractivity contribution is 7.90. The summed E-state index contributed by atoms with van der Waals surface area (Å²) in [6.07, 6.45) is 3.65. The van der Waals surface area contributed by atoms with Crippen molar-refractivity contribution in [2.75, 3.05) is 30.8 Å². The van der Waals surface area contributed by atoms with Crippen molar-refractivity contribution in [2.24, 2.45) is 0 Å². The molecule has 0 aliphatic carbocycles. The minimum Gasteiger partial charge on any atom is -0.350 e. The van der Waals surface area contributed by atoms with Crippen molar-refractivity contribution in [1.82, 2.24) is 24.4 Å². The van der Waals surface area contributed by atoms with Crippen molar-refractivity contribution in [2.45, 2.75) is 44.3 Å². The van der Waals surface area contributed by atoms with Crippen molar-refractivity contribution in [3.63, 3.8) is 0 Å². The van der Waals surface area contributed by atoms with Gasteiger partial charge in [0.15, 0.2) is 14.9 Å². The summed E-state index contributed by atoms with van der Waals surface area (Å²) in [5.41, 5.74) is -0.208. The van der Waals surface area contributed by atoms with Crippen molar-refractivity contribution in [1.29, 1.82) is 0 Å². The molecule has 10 nitrogen and oxygen atoms in total. The Morgan fingerprint density at radius 2 is 1.91 bits per heavy atom. The zero-order valence-corrected chi connectivity index (χ0v) is 26.7. The number of aromatic nitrogens is 4. The quantitative estimate of drug-likeness (QED) is 0.265. The van der Waals surface area contributed by atoms with Crippen LogP contribution in [0.4, 0.5) is 14.6 Å². The number of carbonyl (C=O) groups excluding carboxylic acids is 1. The summed E-state index contributed by atoms with van der Waals surface area (Å²) in [5.74, 6) is -1.85. The normalized spacial score (nSPS) is 15.6. The van der Waals surface area contributed by atoms with Gasteiger partial charge in [0.2, 0.25) is 5.91 Å². The van der Waals surface area contributed by atoms with Crippen molar-refractivity contribution < 1.29 is 22.0 Å². The number of anilines is 1. The van der Waals surface area contributed by atoms with Gasteiger partial charge in [-0.1, -0.05) is 44.2 Å². The van der Waals surface area contributed by atoms with E-state index < -0.39 is 27.2 Å². The van der Waals surface area contributed by atoms with Gasteiger partial charge in [-0.3, -0.25) is 9.36 Å². The predicted molar refractivity (Wildman–Crippen MR) is 168 cm³/mol. The van der Waals surface area contributed by atoms with Gasteiger partial charge in [-0.25, -0.2) is 32.0 Å². The van der Waals surface area contributed by atoms with Crippen LogP contribution >= 0.6 is 11.6 Å². The first kappa shape index (κ1) is 32.2. The van der Waals surface area contributed by atoms with Crippen LogP contribution < -0.4 is 10.6 Å². The van der Waals surface area contributed by atoms with Crippen LogP contribution in [-0.4, -0.2) is 70.7 Å². The third kappa shape index (κ3) is 6.06. The molecule has 1 aliphatic rings.